The van der Waals surface area contributed by atoms with Crippen LogP contribution in [-0.2, 0) is 14.7 Å². The van der Waals surface area contributed by atoms with E-state index in [1.54, 1.807) is 0 Å². The van der Waals surface area contributed by atoms with Gasteiger partial charge in [0.2, 0.25) is 0 Å². The molecule has 1 fully saturated rings. The van der Waals surface area contributed by atoms with E-state index in [1.165, 1.54) is 0 Å². The van der Waals surface area contributed by atoms with Gasteiger partial charge in [0.1, 0.15) is 0 Å². The van der Waals surface area contributed by atoms with Crippen molar-refractivity contribution in [1.29, 1.82) is 0 Å². The van der Waals surface area contributed by atoms with Crippen LogP contribution < -0.4 is 0 Å². The Hall–Kier alpha value is 1.42. The molecule has 0 spiro atoms. The third kappa shape index (κ3) is 15.6. The standard InChI is InChI=1S/C11H25N4.3ClH.Ti/c1-13-6-4-12-5-7-14(2)9-11-15(3)10-8-13;;;;/h4-11H2,1-3H3;3*1H;/q-1;;;;+4/p-3. The molecule has 8 heteroatoms. The van der Waals surface area contributed by atoms with Gasteiger partial charge < -0.3 is 20.0 Å². The van der Waals surface area contributed by atoms with E-state index >= 15 is 0 Å². The van der Waals surface area contributed by atoms with Crippen LogP contribution in [0.25, 0.3) is 5.32 Å². The first-order valence-electron chi connectivity index (χ1n) is 6.44. The van der Waals surface area contributed by atoms with Crippen LogP contribution in [0, 0.1) is 0 Å². The molecule has 1 saturated heterocycles. The van der Waals surface area contributed by atoms with Gasteiger partial charge in [0.05, 0.1) is 0 Å². The topological polar surface area (TPSA) is 23.8 Å². The van der Waals surface area contributed by atoms with Crippen molar-refractivity contribution in [1.82, 2.24) is 14.7 Å². The van der Waals surface area contributed by atoms with E-state index in [0.29, 0.717) is 0 Å². The molecule has 4 nitrogen and oxygen atoms in total. The minimum absolute atomic E-state index is 0.980. The molecule has 0 N–H and O–H groups in total. The summed E-state index contributed by atoms with van der Waals surface area (Å²) >= 11 is -1.92. The van der Waals surface area contributed by atoms with Gasteiger partial charge in [-0.1, -0.05) is 0 Å². The van der Waals surface area contributed by atoms with E-state index in [4.69, 9.17) is 27.9 Å². The zero-order valence-corrected chi connectivity index (χ0v) is 15.9. The van der Waals surface area contributed by atoms with Gasteiger partial charge in [-0.3, -0.25) is 0 Å². The van der Waals surface area contributed by atoms with Gasteiger partial charge in [-0.05, 0) is 34.2 Å². The Labute approximate surface area is 135 Å². The second-order valence-electron chi connectivity index (χ2n) is 4.79. The summed E-state index contributed by atoms with van der Waals surface area (Å²) in [6, 6.07) is 0. The van der Waals surface area contributed by atoms with Gasteiger partial charge in [-0.2, -0.15) is 0 Å². The van der Waals surface area contributed by atoms with Gasteiger partial charge >= 0.3 is 42.6 Å². The average molecular weight is 368 g/mol. The Morgan fingerprint density at radius 3 is 1.26 bits per heavy atom. The van der Waals surface area contributed by atoms with E-state index in [1.807, 2.05) is 0 Å². The van der Waals surface area contributed by atoms with Crippen molar-refractivity contribution in [3.63, 3.8) is 0 Å². The molecule has 0 amide bonds. The third-order valence-corrected chi connectivity index (χ3v) is 3.01. The summed E-state index contributed by atoms with van der Waals surface area (Å²) in [7, 11) is 21.5. The summed E-state index contributed by atoms with van der Waals surface area (Å²) < 4.78 is 0. The number of halogens is 3. The number of rotatable bonds is 0. The van der Waals surface area contributed by atoms with Crippen LogP contribution in [0.2, 0.25) is 0 Å². The second-order valence-corrected chi connectivity index (χ2v) is 12.5. The van der Waals surface area contributed by atoms with Crippen molar-refractivity contribution in [3.05, 3.63) is 5.32 Å². The molecule has 0 saturated carbocycles. The molecule has 0 bridgehead atoms. The molecule has 1 aliphatic rings. The van der Waals surface area contributed by atoms with Crippen molar-refractivity contribution in [2.45, 2.75) is 0 Å². The van der Waals surface area contributed by atoms with E-state index in [2.05, 4.69) is 41.2 Å². The van der Waals surface area contributed by atoms with Crippen molar-refractivity contribution in [3.8, 4) is 0 Å². The van der Waals surface area contributed by atoms with Crippen LogP contribution in [0.4, 0.5) is 0 Å². The number of nitrogens with zero attached hydrogens (tertiary/aromatic N) is 4. The van der Waals surface area contributed by atoms with E-state index in [0.717, 1.165) is 52.4 Å². The molecule has 1 rings (SSSR count). The van der Waals surface area contributed by atoms with Crippen LogP contribution in [0.1, 0.15) is 0 Å². The molecule has 1 heterocycles. The summed E-state index contributed by atoms with van der Waals surface area (Å²) in [6.07, 6.45) is 0. The van der Waals surface area contributed by atoms with Gasteiger partial charge in [-0.25, -0.2) is 0 Å². The molecular weight excluding hydrogens is 342 g/mol. The molecule has 0 radical (unpaired) electrons. The Morgan fingerprint density at radius 2 is 0.947 bits per heavy atom. The second kappa shape index (κ2) is 13.1. The van der Waals surface area contributed by atoms with Crippen LogP contribution in [0.3, 0.4) is 0 Å². The fraction of sp³-hybridized carbons (Fsp3) is 1.00. The van der Waals surface area contributed by atoms with Crippen LogP contribution in [0.15, 0.2) is 0 Å². The summed E-state index contributed by atoms with van der Waals surface area (Å²) in [5.74, 6) is 0. The van der Waals surface area contributed by atoms with E-state index in [9.17, 15) is 0 Å². The zero-order chi connectivity index (χ0) is 14.7. The van der Waals surface area contributed by atoms with E-state index in [-0.39, 0.29) is 0 Å². The molecule has 0 unspecified atom stereocenters. The van der Waals surface area contributed by atoms with Gasteiger partial charge in [0.25, 0.3) is 0 Å². The monoisotopic (exact) mass is 366 g/mol. The fourth-order valence-electron chi connectivity index (χ4n) is 1.61. The van der Waals surface area contributed by atoms with Crippen molar-refractivity contribution < 1.29 is 14.7 Å². The molecule has 0 aromatic rings. The van der Waals surface area contributed by atoms with E-state index < -0.39 is 14.7 Å². The summed E-state index contributed by atoms with van der Waals surface area (Å²) in [6.45, 7) is 8.76. The first kappa shape index (κ1) is 20.4. The Morgan fingerprint density at radius 1 is 0.684 bits per heavy atom. The predicted molar refractivity (Wildman–Crippen MR) is 83.1 cm³/mol. The summed E-state index contributed by atoms with van der Waals surface area (Å²) in [5, 5.41) is 4.53. The average Bonchev–Trinajstić information content (AvgIpc) is 2.31. The molecule has 114 valence electrons. The predicted octanol–water partition coefficient (Wildman–Crippen LogP) is 2.24. The molecule has 0 atom stereocenters. The number of hydrogen-bond donors (Lipinski definition) is 0. The fourth-order valence-corrected chi connectivity index (χ4v) is 1.61. The quantitative estimate of drug-likeness (QED) is 0.614. The molecule has 19 heavy (non-hydrogen) atoms. The normalized spacial score (nSPS) is 21.8. The van der Waals surface area contributed by atoms with Crippen molar-refractivity contribution in [2.75, 3.05) is 73.5 Å². The van der Waals surface area contributed by atoms with Gasteiger partial charge in [0.15, 0.2) is 0 Å². The molecule has 0 aliphatic carbocycles. The van der Waals surface area contributed by atoms with Crippen LogP contribution in [-0.4, -0.2) is 88.2 Å². The summed E-state index contributed by atoms with van der Waals surface area (Å²) in [4.78, 5) is 7.14. The minimum atomic E-state index is -1.92. The molecular formula is C11H25Cl3N4Ti. The number of hydrogen-bond acceptors (Lipinski definition) is 3. The maximum absolute atomic E-state index is 4.97. The summed E-state index contributed by atoms with van der Waals surface area (Å²) in [5.41, 5.74) is 0. The third-order valence-electron chi connectivity index (χ3n) is 3.01. The number of likely N-dealkylation sites (N-methyl/N-ethyl adjacent to an activating group) is 3. The molecule has 1 aliphatic heterocycles. The van der Waals surface area contributed by atoms with Gasteiger partial charge in [-0.15, -0.1) is 13.1 Å². The van der Waals surface area contributed by atoms with Crippen molar-refractivity contribution >= 4 is 27.9 Å². The van der Waals surface area contributed by atoms with Crippen molar-refractivity contribution in [2.24, 2.45) is 0 Å². The Balaban J connectivity index is 0.000000711. The van der Waals surface area contributed by atoms with Crippen LogP contribution in [0.5, 0.6) is 0 Å². The first-order chi connectivity index (χ1) is 8.91. The van der Waals surface area contributed by atoms with Gasteiger partial charge in [0, 0.05) is 26.2 Å². The Kier molecular flexibility index (Phi) is 14.1. The maximum atomic E-state index is 4.97. The van der Waals surface area contributed by atoms with Crippen LogP contribution >= 0.6 is 27.9 Å². The SMILES string of the molecule is CN1CC[N-]CCN(C)CCN(C)CC1.[Cl][Ti+]([Cl])[Cl]. The molecule has 0 aromatic carbocycles. The zero-order valence-electron chi connectivity index (χ0n) is 12.1. The first-order valence-corrected chi connectivity index (χ1v) is 12.9. The Bertz CT molecular complexity index is 194. The molecule has 0 aromatic heterocycles.